The molecule has 2 saturated carbocycles. The van der Waals surface area contributed by atoms with Gasteiger partial charge in [0.1, 0.15) is 5.78 Å². The average Bonchev–Trinajstić information content (AvgIpc) is 2.95. The lowest BCUT2D eigenvalue weighted by Crippen LogP contribution is -2.41. The van der Waals surface area contributed by atoms with E-state index in [1.807, 2.05) is 12.2 Å². The summed E-state index contributed by atoms with van der Waals surface area (Å²) in [7, 11) is 1.66. The van der Waals surface area contributed by atoms with E-state index in [1.54, 1.807) is 7.11 Å². The molecular formula is C24H38O5. The number of hydrogen-bond donors (Lipinski definition) is 2. The van der Waals surface area contributed by atoms with E-state index in [-0.39, 0.29) is 41.7 Å². The summed E-state index contributed by atoms with van der Waals surface area (Å²) in [5, 5.41) is 19.4. The predicted molar refractivity (Wildman–Crippen MR) is 114 cm³/mol. The van der Waals surface area contributed by atoms with Gasteiger partial charge in [-0.25, -0.2) is 0 Å². The number of carboxylic acids is 1. The quantitative estimate of drug-likeness (QED) is 0.342. The third kappa shape index (κ3) is 6.51. The fraction of sp³-hybridized carbons (Fsp3) is 0.750. The Labute approximate surface area is 175 Å². The smallest absolute Gasteiger partial charge is 0.303 e. The lowest BCUT2D eigenvalue weighted by atomic mass is 9.62. The Morgan fingerprint density at radius 1 is 1.31 bits per heavy atom. The van der Waals surface area contributed by atoms with Crippen molar-refractivity contribution in [2.75, 3.05) is 7.11 Å². The predicted octanol–water partition coefficient (Wildman–Crippen LogP) is 4.69. The molecule has 0 bridgehead atoms. The highest BCUT2D eigenvalue weighted by Crippen LogP contribution is 2.48. The average molecular weight is 407 g/mol. The monoisotopic (exact) mass is 406 g/mol. The van der Waals surface area contributed by atoms with Crippen LogP contribution in [-0.2, 0) is 14.3 Å². The van der Waals surface area contributed by atoms with E-state index in [1.165, 1.54) is 6.42 Å². The van der Waals surface area contributed by atoms with Gasteiger partial charge in [0.25, 0.3) is 0 Å². The summed E-state index contributed by atoms with van der Waals surface area (Å²) in [5.41, 5.74) is 0.101. The Bertz CT molecular complexity index is 590. The molecule has 2 fully saturated rings. The molecule has 2 rings (SSSR count). The van der Waals surface area contributed by atoms with E-state index >= 15 is 0 Å². The van der Waals surface area contributed by atoms with Crippen molar-refractivity contribution < 1.29 is 24.5 Å². The van der Waals surface area contributed by atoms with E-state index in [0.717, 1.165) is 25.7 Å². The number of rotatable bonds is 13. The number of Topliss-reactive ketones (excluding diaryl/α,β-unsaturated/α-hetero) is 1. The second kappa shape index (κ2) is 11.7. The number of carbonyl (C=O) groups excluding carboxylic acids is 1. The zero-order valence-electron chi connectivity index (χ0n) is 18.0. The zero-order valence-corrected chi connectivity index (χ0v) is 18.0. The Hall–Kier alpha value is -1.46. The molecule has 5 heteroatoms. The van der Waals surface area contributed by atoms with Gasteiger partial charge >= 0.3 is 5.97 Å². The van der Waals surface area contributed by atoms with E-state index in [9.17, 15) is 14.7 Å². The maximum atomic E-state index is 12.5. The topological polar surface area (TPSA) is 83.8 Å². The van der Waals surface area contributed by atoms with Crippen molar-refractivity contribution in [3.63, 3.8) is 0 Å². The molecule has 0 spiro atoms. The number of allylic oxidation sites excluding steroid dienone is 2. The van der Waals surface area contributed by atoms with Crippen LogP contribution in [0.3, 0.4) is 0 Å². The van der Waals surface area contributed by atoms with Crippen molar-refractivity contribution >= 4 is 11.8 Å². The third-order valence-electron chi connectivity index (χ3n) is 6.85. The minimum absolute atomic E-state index is 0.0342. The third-order valence-corrected chi connectivity index (χ3v) is 6.85. The first-order valence-corrected chi connectivity index (χ1v) is 11.2. The maximum Gasteiger partial charge on any atom is 0.303 e. The molecule has 5 nitrogen and oxygen atoms in total. The molecule has 2 N–H and O–H groups in total. The SMILES string of the molecule is CCCC1(C(O)CC=C[C@H]2C(OC)CC(=O)[C@@H]2CC=CCCCC(=O)O)CCC1. The van der Waals surface area contributed by atoms with Crippen LogP contribution in [-0.4, -0.2) is 41.3 Å². The molecule has 0 radical (unpaired) electrons. The first-order valence-electron chi connectivity index (χ1n) is 11.2. The number of ether oxygens (including phenoxy) is 1. The Morgan fingerprint density at radius 3 is 2.66 bits per heavy atom. The lowest BCUT2D eigenvalue weighted by molar-refractivity contribution is -0.137. The molecule has 2 unspecified atom stereocenters. The van der Waals surface area contributed by atoms with Crippen molar-refractivity contribution in [1.82, 2.24) is 0 Å². The molecule has 2 aliphatic rings. The Kier molecular flexibility index (Phi) is 9.57. The van der Waals surface area contributed by atoms with Gasteiger partial charge in [0.2, 0.25) is 0 Å². The van der Waals surface area contributed by atoms with Gasteiger partial charge < -0.3 is 14.9 Å². The molecule has 0 aromatic heterocycles. The molecular weight excluding hydrogens is 368 g/mol. The van der Waals surface area contributed by atoms with Crippen molar-refractivity contribution in [2.45, 2.75) is 89.8 Å². The van der Waals surface area contributed by atoms with Crippen LogP contribution < -0.4 is 0 Å². The van der Waals surface area contributed by atoms with Gasteiger partial charge in [-0.3, -0.25) is 9.59 Å². The van der Waals surface area contributed by atoms with Crippen LogP contribution in [0.1, 0.15) is 77.6 Å². The number of aliphatic hydroxyl groups excluding tert-OH is 1. The standard InChI is InChI=1S/C24H38O5/c1-3-14-24(15-9-16-24)22(26)12-8-11-19-18(20(25)17-21(19)29-2)10-6-4-5-7-13-23(27)28/h4,6,8,11,18-19,21-22,26H,3,5,7,9-10,12-17H2,1-2H3,(H,27,28)/t18-,19-,21?,22?/m1/s1. The molecule has 2 aliphatic carbocycles. The van der Waals surface area contributed by atoms with Gasteiger partial charge in [-0.05, 0) is 50.4 Å². The minimum Gasteiger partial charge on any atom is -0.481 e. The van der Waals surface area contributed by atoms with E-state index in [0.29, 0.717) is 32.1 Å². The van der Waals surface area contributed by atoms with Crippen LogP contribution in [0, 0.1) is 17.3 Å². The van der Waals surface area contributed by atoms with Gasteiger partial charge in [0, 0.05) is 31.8 Å². The Balaban J connectivity index is 1.90. The van der Waals surface area contributed by atoms with Crippen LogP contribution in [0.4, 0.5) is 0 Å². The van der Waals surface area contributed by atoms with Crippen molar-refractivity contribution in [2.24, 2.45) is 17.3 Å². The van der Waals surface area contributed by atoms with Gasteiger partial charge in [-0.15, -0.1) is 0 Å². The van der Waals surface area contributed by atoms with Gasteiger partial charge in [-0.1, -0.05) is 44.1 Å². The van der Waals surface area contributed by atoms with E-state index in [2.05, 4.69) is 19.1 Å². The highest BCUT2D eigenvalue weighted by molar-refractivity contribution is 5.84. The molecule has 0 aromatic carbocycles. The van der Waals surface area contributed by atoms with Crippen molar-refractivity contribution in [3.8, 4) is 0 Å². The highest BCUT2D eigenvalue weighted by atomic mass is 16.5. The molecule has 0 amide bonds. The summed E-state index contributed by atoms with van der Waals surface area (Å²) < 4.78 is 5.57. The minimum atomic E-state index is -0.776. The first kappa shape index (κ1) is 23.8. The number of aliphatic carboxylic acids is 1. The molecule has 0 aromatic rings. The van der Waals surface area contributed by atoms with Crippen LogP contribution in [0.2, 0.25) is 0 Å². The number of carboxylic acid groups (broad SMARTS) is 1. The van der Waals surface area contributed by atoms with Crippen LogP contribution in [0.5, 0.6) is 0 Å². The number of unbranched alkanes of at least 4 members (excludes halogenated alkanes) is 1. The summed E-state index contributed by atoms with van der Waals surface area (Å²) in [6.07, 6.45) is 16.6. The molecule has 0 saturated heterocycles. The summed E-state index contributed by atoms with van der Waals surface area (Å²) >= 11 is 0. The summed E-state index contributed by atoms with van der Waals surface area (Å²) in [4.78, 5) is 23.0. The molecule has 29 heavy (non-hydrogen) atoms. The number of ketones is 1. The van der Waals surface area contributed by atoms with Gasteiger partial charge in [0.05, 0.1) is 12.2 Å². The largest absolute Gasteiger partial charge is 0.481 e. The highest BCUT2D eigenvalue weighted by Gasteiger charge is 2.42. The van der Waals surface area contributed by atoms with E-state index in [4.69, 9.17) is 9.84 Å². The second-order valence-corrected chi connectivity index (χ2v) is 8.77. The summed E-state index contributed by atoms with van der Waals surface area (Å²) in [6.45, 7) is 2.18. The van der Waals surface area contributed by atoms with Crippen molar-refractivity contribution in [3.05, 3.63) is 24.3 Å². The molecule has 0 aliphatic heterocycles. The van der Waals surface area contributed by atoms with Gasteiger partial charge in [-0.2, -0.15) is 0 Å². The van der Waals surface area contributed by atoms with Crippen LogP contribution in [0.15, 0.2) is 24.3 Å². The number of aliphatic hydroxyl groups is 1. The summed E-state index contributed by atoms with van der Waals surface area (Å²) in [5.74, 6) is -0.616. The lowest BCUT2D eigenvalue weighted by Gasteiger charge is -2.45. The Morgan fingerprint density at radius 2 is 2.07 bits per heavy atom. The van der Waals surface area contributed by atoms with Gasteiger partial charge in [0.15, 0.2) is 0 Å². The molecule has 164 valence electrons. The fourth-order valence-electron chi connectivity index (χ4n) is 4.97. The molecule has 4 atom stereocenters. The van der Waals surface area contributed by atoms with Crippen LogP contribution >= 0.6 is 0 Å². The fourth-order valence-corrected chi connectivity index (χ4v) is 4.97. The number of methoxy groups -OCH3 is 1. The van der Waals surface area contributed by atoms with Crippen molar-refractivity contribution in [1.29, 1.82) is 0 Å². The number of carbonyl (C=O) groups is 2. The maximum absolute atomic E-state index is 12.5. The second-order valence-electron chi connectivity index (χ2n) is 8.77. The van der Waals surface area contributed by atoms with Crippen LogP contribution in [0.25, 0.3) is 0 Å². The zero-order chi connectivity index (χ0) is 21.3. The molecule has 0 heterocycles. The first-order chi connectivity index (χ1) is 13.9. The normalized spacial score (nSPS) is 27.6. The summed E-state index contributed by atoms with van der Waals surface area (Å²) in [6, 6.07) is 0. The van der Waals surface area contributed by atoms with E-state index < -0.39 is 5.97 Å². The number of hydrogen-bond acceptors (Lipinski definition) is 4.